The fourth-order valence-electron chi connectivity index (χ4n) is 4.48. The van der Waals surface area contributed by atoms with Gasteiger partial charge in [-0.25, -0.2) is 4.98 Å². The van der Waals surface area contributed by atoms with Crippen LogP contribution in [0.25, 0.3) is 23.5 Å². The van der Waals surface area contributed by atoms with Crippen molar-refractivity contribution in [2.45, 2.75) is 32.2 Å². The summed E-state index contributed by atoms with van der Waals surface area (Å²) in [6.07, 6.45) is 8.83. The number of rotatable bonds is 6. The van der Waals surface area contributed by atoms with Crippen LogP contribution in [0.3, 0.4) is 0 Å². The molecule has 0 bridgehead atoms. The summed E-state index contributed by atoms with van der Waals surface area (Å²) in [7, 11) is 1.66. The summed E-state index contributed by atoms with van der Waals surface area (Å²) in [5, 5.41) is 5.09. The summed E-state index contributed by atoms with van der Waals surface area (Å²) in [5.74, 6) is 1.35. The van der Waals surface area contributed by atoms with Crippen LogP contribution in [0.4, 0.5) is 5.69 Å². The number of H-pyrrole nitrogens is 1. The summed E-state index contributed by atoms with van der Waals surface area (Å²) in [5.41, 5.74) is 3.28. The van der Waals surface area contributed by atoms with E-state index in [9.17, 15) is 4.79 Å². The highest BCUT2D eigenvalue weighted by molar-refractivity contribution is 6.06. The van der Waals surface area contributed by atoms with Crippen molar-refractivity contribution in [2.24, 2.45) is 0 Å². The molecule has 2 heterocycles. The highest BCUT2D eigenvalue weighted by Crippen LogP contribution is 2.27. The molecule has 2 aromatic carbocycles. The zero-order chi connectivity index (χ0) is 21.9. The predicted molar refractivity (Wildman–Crippen MR) is 127 cm³/mol. The number of carbonyl (C=O) groups is 1. The van der Waals surface area contributed by atoms with E-state index >= 15 is 0 Å². The molecule has 3 aromatic rings. The lowest BCUT2D eigenvalue weighted by atomic mass is 10.1. The van der Waals surface area contributed by atoms with Gasteiger partial charge in [0, 0.05) is 23.2 Å². The van der Waals surface area contributed by atoms with Crippen LogP contribution >= 0.6 is 0 Å². The van der Waals surface area contributed by atoms with E-state index in [4.69, 9.17) is 9.72 Å². The van der Waals surface area contributed by atoms with Gasteiger partial charge in [0.25, 0.3) is 5.91 Å². The Bertz CT molecular complexity index is 1220. The van der Waals surface area contributed by atoms with Crippen molar-refractivity contribution in [3.63, 3.8) is 0 Å². The number of aromatic nitrogens is 2. The molecule has 1 amide bonds. The largest absolute Gasteiger partial charge is 0.496 e. The Morgan fingerprint density at radius 3 is 2.75 bits per heavy atom. The van der Waals surface area contributed by atoms with Crippen LogP contribution < -0.4 is 20.8 Å². The summed E-state index contributed by atoms with van der Waals surface area (Å²) in [6.45, 7) is 3.09. The van der Waals surface area contributed by atoms with Crippen LogP contribution in [0.5, 0.6) is 5.75 Å². The van der Waals surface area contributed by atoms with Crippen molar-refractivity contribution in [3.05, 3.63) is 64.3 Å². The minimum Gasteiger partial charge on any atom is -0.496 e. The Kier molecular flexibility index (Phi) is 5.77. The molecule has 2 N–H and O–H groups in total. The Balaban J connectivity index is 1.39. The van der Waals surface area contributed by atoms with Crippen LogP contribution in [0.2, 0.25) is 0 Å². The number of para-hydroxylation sites is 1. The lowest BCUT2D eigenvalue weighted by Crippen LogP contribution is -2.26. The van der Waals surface area contributed by atoms with Crippen molar-refractivity contribution in [1.82, 2.24) is 14.9 Å². The molecule has 1 aliphatic carbocycles. The van der Waals surface area contributed by atoms with Gasteiger partial charge in [0.2, 0.25) is 0 Å². The molecule has 1 saturated heterocycles. The number of likely N-dealkylation sites (tertiary alicyclic amines) is 1. The molecule has 6 nitrogen and oxygen atoms in total. The topological polar surface area (TPSA) is 70.2 Å². The third kappa shape index (κ3) is 4.18. The zero-order valence-electron chi connectivity index (χ0n) is 18.4. The van der Waals surface area contributed by atoms with Crippen molar-refractivity contribution in [2.75, 3.05) is 25.5 Å². The van der Waals surface area contributed by atoms with E-state index < -0.39 is 0 Å². The third-order valence-electron chi connectivity index (χ3n) is 6.19. The number of aromatic amines is 1. The van der Waals surface area contributed by atoms with Gasteiger partial charge in [0.1, 0.15) is 11.6 Å². The highest BCUT2D eigenvalue weighted by atomic mass is 16.5. The van der Waals surface area contributed by atoms with Crippen molar-refractivity contribution >= 4 is 23.7 Å². The first-order valence-electron chi connectivity index (χ1n) is 11.3. The maximum Gasteiger partial charge on any atom is 0.255 e. The number of methoxy groups -OCH3 is 1. The number of carbonyl (C=O) groups excluding carboxylic acids is 1. The normalized spacial score (nSPS) is 15.5. The van der Waals surface area contributed by atoms with Crippen LogP contribution in [0, 0.1) is 0 Å². The molecule has 2 aliphatic rings. The number of nitrogens with one attached hydrogen (secondary N) is 2. The number of ether oxygens (including phenoxy) is 1. The van der Waals surface area contributed by atoms with Gasteiger partial charge in [0.15, 0.2) is 0 Å². The number of hydrogen-bond donors (Lipinski definition) is 2. The maximum absolute atomic E-state index is 13.1. The Hall–Kier alpha value is -3.38. The molecular formula is C26H28N4O2. The SMILES string of the molecule is COc1cc(C(=O)Nc2ccccc2-c2nc3c([nH]2)=CCCC=3)ccc1CN1CCCC1. The second kappa shape index (κ2) is 9.01. The molecule has 1 aromatic heterocycles. The minimum atomic E-state index is -0.169. The summed E-state index contributed by atoms with van der Waals surface area (Å²) in [4.78, 5) is 23.6. The average molecular weight is 429 g/mol. The Labute approximate surface area is 187 Å². The monoisotopic (exact) mass is 428 g/mol. The van der Waals surface area contributed by atoms with Crippen LogP contribution in [-0.2, 0) is 6.54 Å². The summed E-state index contributed by atoms with van der Waals surface area (Å²) >= 11 is 0. The molecule has 0 atom stereocenters. The molecule has 0 saturated carbocycles. The van der Waals surface area contributed by atoms with Crippen molar-refractivity contribution < 1.29 is 9.53 Å². The van der Waals surface area contributed by atoms with E-state index in [1.54, 1.807) is 7.11 Å². The van der Waals surface area contributed by atoms with Gasteiger partial charge in [-0.05, 0) is 63.0 Å². The molecule has 32 heavy (non-hydrogen) atoms. The van der Waals surface area contributed by atoms with Gasteiger partial charge >= 0.3 is 0 Å². The average Bonchev–Trinajstić information content (AvgIpc) is 3.49. The molecular weight excluding hydrogens is 400 g/mol. The van der Waals surface area contributed by atoms with Crippen molar-refractivity contribution in [3.8, 4) is 17.1 Å². The van der Waals surface area contributed by atoms with Crippen LogP contribution in [0.1, 0.15) is 41.6 Å². The van der Waals surface area contributed by atoms with E-state index in [-0.39, 0.29) is 5.91 Å². The summed E-state index contributed by atoms with van der Waals surface area (Å²) in [6, 6.07) is 13.5. The Morgan fingerprint density at radius 2 is 1.94 bits per heavy atom. The number of imidazole rings is 1. The van der Waals surface area contributed by atoms with Gasteiger partial charge in [0.05, 0.1) is 23.5 Å². The lowest BCUT2D eigenvalue weighted by Gasteiger charge is -2.17. The van der Waals surface area contributed by atoms with Crippen LogP contribution in [0.15, 0.2) is 42.5 Å². The standard InChI is InChI=1S/C26H28N4O2/c1-32-24-16-18(12-13-19(24)17-30-14-6-7-15-30)26(31)29-21-9-3-2-8-20(21)25-27-22-10-4-5-11-23(22)28-25/h2-3,8-13,16H,4-7,14-15,17H2,1H3,(H,27,28)(H,29,31). The fraction of sp³-hybridized carbons (Fsp3) is 0.308. The number of benzene rings is 2. The van der Waals surface area contributed by atoms with Gasteiger partial charge in [-0.2, -0.15) is 0 Å². The predicted octanol–water partition coefficient (Wildman–Crippen LogP) is 3.29. The molecule has 5 rings (SSSR count). The number of hydrogen-bond acceptors (Lipinski definition) is 4. The first-order valence-corrected chi connectivity index (χ1v) is 11.3. The quantitative estimate of drug-likeness (QED) is 0.632. The number of amides is 1. The maximum atomic E-state index is 13.1. The zero-order valence-corrected chi connectivity index (χ0v) is 18.4. The molecule has 1 fully saturated rings. The van der Waals surface area contributed by atoms with Gasteiger partial charge in [-0.3, -0.25) is 9.69 Å². The smallest absolute Gasteiger partial charge is 0.255 e. The second-order valence-electron chi connectivity index (χ2n) is 8.38. The van der Waals surface area contributed by atoms with Gasteiger partial charge in [-0.15, -0.1) is 0 Å². The van der Waals surface area contributed by atoms with E-state index in [1.165, 1.54) is 12.8 Å². The number of nitrogens with zero attached hydrogens (tertiary/aromatic N) is 2. The Morgan fingerprint density at radius 1 is 1.12 bits per heavy atom. The van der Waals surface area contributed by atoms with Crippen LogP contribution in [-0.4, -0.2) is 41.0 Å². The number of fused-ring (bicyclic) bond motifs is 1. The van der Waals surface area contributed by atoms with Gasteiger partial charge in [-0.1, -0.05) is 30.4 Å². The van der Waals surface area contributed by atoms with E-state index in [0.29, 0.717) is 5.56 Å². The van der Waals surface area contributed by atoms with E-state index in [0.717, 1.165) is 71.6 Å². The molecule has 0 unspecified atom stereocenters. The molecule has 164 valence electrons. The fourth-order valence-corrected chi connectivity index (χ4v) is 4.48. The van der Waals surface area contributed by atoms with E-state index in [1.807, 2.05) is 42.5 Å². The van der Waals surface area contributed by atoms with Gasteiger partial charge < -0.3 is 15.0 Å². The highest BCUT2D eigenvalue weighted by Gasteiger charge is 2.17. The molecule has 6 heteroatoms. The molecule has 0 spiro atoms. The summed E-state index contributed by atoms with van der Waals surface area (Å²) < 4.78 is 5.61. The van der Waals surface area contributed by atoms with Crippen molar-refractivity contribution in [1.29, 1.82) is 0 Å². The lowest BCUT2D eigenvalue weighted by molar-refractivity contribution is 0.102. The van der Waals surface area contributed by atoms with E-state index in [2.05, 4.69) is 27.4 Å². The minimum absolute atomic E-state index is 0.169. The number of anilines is 1. The molecule has 1 aliphatic heterocycles. The third-order valence-corrected chi connectivity index (χ3v) is 6.19. The first-order chi connectivity index (χ1) is 15.7. The first kappa shape index (κ1) is 20.5. The second-order valence-corrected chi connectivity index (χ2v) is 8.38. The molecule has 0 radical (unpaired) electrons.